The molecule has 3 rings (SSSR count). The molecule has 1 aromatic carbocycles. The number of urea groups is 1. The van der Waals surface area contributed by atoms with E-state index in [4.69, 9.17) is 4.74 Å². The highest BCUT2D eigenvalue weighted by Crippen LogP contribution is 2.39. The first kappa shape index (κ1) is 19.7. The largest absolute Gasteiger partial charge is 0.492 e. The minimum atomic E-state index is -0.751. The molecule has 1 aliphatic carbocycles. The zero-order valence-electron chi connectivity index (χ0n) is 15.4. The predicted octanol–water partition coefficient (Wildman–Crippen LogP) is 2.54. The van der Waals surface area contributed by atoms with E-state index in [0.29, 0.717) is 31.7 Å². The number of nitrogens with zero attached hydrogens (tertiary/aromatic N) is 2. The van der Waals surface area contributed by atoms with Gasteiger partial charge in [0.05, 0.1) is 6.54 Å². The summed E-state index contributed by atoms with van der Waals surface area (Å²) in [7, 11) is 1.66. The van der Waals surface area contributed by atoms with Gasteiger partial charge in [-0.05, 0) is 31.0 Å². The van der Waals surface area contributed by atoms with Gasteiger partial charge in [0, 0.05) is 11.5 Å². The van der Waals surface area contributed by atoms with Crippen LogP contribution in [0.25, 0.3) is 0 Å². The van der Waals surface area contributed by atoms with Gasteiger partial charge in [-0.1, -0.05) is 41.3 Å². The normalized spacial score (nSPS) is 18.9. The molecule has 0 bridgehead atoms. The highest BCUT2D eigenvalue weighted by atomic mass is 79.9. The minimum absolute atomic E-state index is 0.241. The van der Waals surface area contributed by atoms with Gasteiger partial charge >= 0.3 is 6.03 Å². The second-order valence-corrected chi connectivity index (χ2v) is 7.90. The van der Waals surface area contributed by atoms with Crippen molar-refractivity contribution in [1.82, 2.24) is 15.1 Å². The summed E-state index contributed by atoms with van der Waals surface area (Å²) in [5, 5.41) is 2.70. The van der Waals surface area contributed by atoms with E-state index in [1.807, 2.05) is 24.3 Å². The third-order valence-corrected chi connectivity index (χ3v) is 5.77. The monoisotopic (exact) mass is 437 g/mol. The Labute approximate surface area is 167 Å². The van der Waals surface area contributed by atoms with E-state index in [9.17, 15) is 14.4 Å². The van der Waals surface area contributed by atoms with Crippen LogP contribution in [-0.4, -0.2) is 59.9 Å². The quantitative estimate of drug-likeness (QED) is 0.547. The molecule has 146 valence electrons. The lowest BCUT2D eigenvalue weighted by Gasteiger charge is -2.35. The summed E-state index contributed by atoms with van der Waals surface area (Å²) in [6.07, 6.45) is 4.28. The number of halogens is 1. The first-order valence-corrected chi connectivity index (χ1v) is 9.98. The van der Waals surface area contributed by atoms with Crippen LogP contribution >= 0.6 is 15.9 Å². The summed E-state index contributed by atoms with van der Waals surface area (Å²) in [5.41, 5.74) is -0.751. The summed E-state index contributed by atoms with van der Waals surface area (Å²) < 4.78 is 6.47. The zero-order chi connectivity index (χ0) is 19.4. The lowest BCUT2D eigenvalue weighted by atomic mass is 9.81. The molecule has 7 nitrogen and oxygen atoms in total. The fraction of sp³-hybridized carbons (Fsp3) is 0.526. The van der Waals surface area contributed by atoms with Crippen molar-refractivity contribution in [1.29, 1.82) is 0 Å². The van der Waals surface area contributed by atoms with Crippen LogP contribution in [0.5, 0.6) is 5.75 Å². The molecule has 0 atom stereocenters. The number of hydrogen-bond acceptors (Lipinski definition) is 4. The van der Waals surface area contributed by atoms with Crippen LogP contribution in [0.2, 0.25) is 0 Å². The van der Waals surface area contributed by atoms with Crippen molar-refractivity contribution in [3.05, 3.63) is 28.7 Å². The Morgan fingerprint density at radius 3 is 2.70 bits per heavy atom. The Morgan fingerprint density at radius 1 is 1.26 bits per heavy atom. The Hall–Kier alpha value is -2.09. The average Bonchev–Trinajstić information content (AvgIpc) is 2.82. The second kappa shape index (κ2) is 8.29. The molecule has 0 radical (unpaired) electrons. The molecule has 1 spiro atoms. The summed E-state index contributed by atoms with van der Waals surface area (Å²) in [5.74, 6) is 0.0930. The van der Waals surface area contributed by atoms with Crippen LogP contribution in [0.3, 0.4) is 0 Å². The van der Waals surface area contributed by atoms with Crippen LogP contribution in [0.4, 0.5) is 4.79 Å². The van der Waals surface area contributed by atoms with Gasteiger partial charge in [0.15, 0.2) is 0 Å². The van der Waals surface area contributed by atoms with Crippen molar-refractivity contribution in [3.63, 3.8) is 0 Å². The smallest absolute Gasteiger partial charge is 0.327 e. The fourth-order valence-electron chi connectivity index (χ4n) is 3.79. The van der Waals surface area contributed by atoms with Crippen LogP contribution in [-0.2, 0) is 9.59 Å². The van der Waals surface area contributed by atoms with E-state index >= 15 is 0 Å². The molecule has 1 saturated heterocycles. The Bertz CT molecular complexity index is 733. The molecule has 0 aromatic heterocycles. The molecule has 8 heteroatoms. The molecule has 1 heterocycles. The van der Waals surface area contributed by atoms with Gasteiger partial charge in [0.2, 0.25) is 5.91 Å². The maximum atomic E-state index is 12.8. The van der Waals surface area contributed by atoms with Crippen LogP contribution in [0.1, 0.15) is 32.1 Å². The Balaban J connectivity index is 1.49. The van der Waals surface area contributed by atoms with Gasteiger partial charge in [-0.3, -0.25) is 14.5 Å². The van der Waals surface area contributed by atoms with E-state index in [1.54, 1.807) is 7.05 Å². The van der Waals surface area contributed by atoms with Gasteiger partial charge in [-0.15, -0.1) is 0 Å². The lowest BCUT2D eigenvalue weighted by Crippen LogP contribution is -2.49. The van der Waals surface area contributed by atoms with Crippen molar-refractivity contribution in [2.45, 2.75) is 37.6 Å². The lowest BCUT2D eigenvalue weighted by molar-refractivity contribution is -0.137. The number of benzene rings is 1. The number of carbonyl (C=O) groups is 3. The van der Waals surface area contributed by atoms with Crippen molar-refractivity contribution in [3.8, 4) is 5.75 Å². The number of amides is 4. The van der Waals surface area contributed by atoms with Gasteiger partial charge in [-0.2, -0.15) is 0 Å². The third kappa shape index (κ3) is 4.10. The first-order chi connectivity index (χ1) is 12.9. The van der Waals surface area contributed by atoms with Crippen molar-refractivity contribution in [2.24, 2.45) is 0 Å². The maximum absolute atomic E-state index is 12.8. The molecule has 1 N–H and O–H groups in total. The summed E-state index contributed by atoms with van der Waals surface area (Å²) >= 11 is 3.37. The van der Waals surface area contributed by atoms with E-state index < -0.39 is 5.54 Å². The number of rotatable bonds is 6. The molecular weight excluding hydrogens is 414 g/mol. The Kier molecular flexibility index (Phi) is 6.04. The number of hydrogen-bond donors (Lipinski definition) is 1. The van der Waals surface area contributed by atoms with Gasteiger partial charge in [-0.25, -0.2) is 4.79 Å². The SMILES string of the molecule is CN1C(=O)N(CC(=O)NCCOc2cccc(Br)c2)C(=O)C12CCCCC2. The number of carbonyl (C=O) groups excluding carboxylic acids is 3. The molecular formula is C19H24BrN3O4. The van der Waals surface area contributed by atoms with Gasteiger partial charge in [0.1, 0.15) is 24.4 Å². The molecule has 1 aliphatic heterocycles. The van der Waals surface area contributed by atoms with E-state index in [2.05, 4.69) is 21.2 Å². The standard InChI is InChI=1S/C19H24BrN3O4/c1-22-18(26)23(17(25)19(22)8-3-2-4-9-19)13-16(24)21-10-11-27-15-7-5-6-14(20)12-15/h5-7,12H,2-4,8-11,13H2,1H3,(H,21,24). The highest BCUT2D eigenvalue weighted by molar-refractivity contribution is 9.10. The fourth-order valence-corrected chi connectivity index (χ4v) is 4.16. The van der Waals surface area contributed by atoms with E-state index in [1.165, 1.54) is 4.90 Å². The van der Waals surface area contributed by atoms with Crippen LogP contribution in [0, 0.1) is 0 Å². The molecule has 0 unspecified atom stereocenters. The predicted molar refractivity (Wildman–Crippen MR) is 103 cm³/mol. The number of imide groups is 1. The average molecular weight is 438 g/mol. The van der Waals surface area contributed by atoms with Crippen LogP contribution in [0.15, 0.2) is 28.7 Å². The number of likely N-dealkylation sites (N-methyl/N-ethyl adjacent to an activating group) is 1. The summed E-state index contributed by atoms with van der Waals surface area (Å²) in [6.45, 7) is 0.344. The molecule has 1 aromatic rings. The number of nitrogens with one attached hydrogen (secondary N) is 1. The van der Waals surface area contributed by atoms with Gasteiger partial charge in [0.25, 0.3) is 5.91 Å². The molecule has 1 saturated carbocycles. The third-order valence-electron chi connectivity index (χ3n) is 5.27. The van der Waals surface area contributed by atoms with Crippen LogP contribution < -0.4 is 10.1 Å². The molecule has 27 heavy (non-hydrogen) atoms. The van der Waals surface area contributed by atoms with Crippen molar-refractivity contribution >= 4 is 33.8 Å². The summed E-state index contributed by atoms with van der Waals surface area (Å²) in [4.78, 5) is 40.1. The van der Waals surface area contributed by atoms with Gasteiger partial charge < -0.3 is 15.0 Å². The topological polar surface area (TPSA) is 79.0 Å². The maximum Gasteiger partial charge on any atom is 0.327 e. The van der Waals surface area contributed by atoms with Crippen molar-refractivity contribution in [2.75, 3.05) is 26.7 Å². The minimum Gasteiger partial charge on any atom is -0.492 e. The second-order valence-electron chi connectivity index (χ2n) is 6.98. The molecule has 2 aliphatic rings. The molecule has 4 amide bonds. The van der Waals surface area contributed by atoms with Crippen molar-refractivity contribution < 1.29 is 19.1 Å². The van der Waals surface area contributed by atoms with E-state index in [-0.39, 0.29) is 24.4 Å². The highest BCUT2D eigenvalue weighted by Gasteiger charge is 2.55. The molecule has 2 fully saturated rings. The summed E-state index contributed by atoms with van der Waals surface area (Å²) in [6, 6.07) is 7.04. The van der Waals surface area contributed by atoms with E-state index in [0.717, 1.165) is 28.6 Å². The Morgan fingerprint density at radius 2 is 2.00 bits per heavy atom. The zero-order valence-corrected chi connectivity index (χ0v) is 17.0. The number of ether oxygens (including phenoxy) is 1. The first-order valence-electron chi connectivity index (χ1n) is 9.19.